The average Bonchev–Trinajstić information content (AvgIpc) is 3.09. The Balaban J connectivity index is 1.69. The lowest BCUT2D eigenvalue weighted by Crippen LogP contribution is -2.19. The maximum absolute atomic E-state index is 6.52. The second-order valence-corrected chi connectivity index (χ2v) is 7.01. The largest absolute Gasteiger partial charge is 0.324 e. The topological polar surface area (TPSA) is 26.0 Å². The molecule has 20 heavy (non-hydrogen) atoms. The monoisotopic (exact) mass is 271 g/mol. The fourth-order valence-electron chi connectivity index (χ4n) is 4.68. The van der Waals surface area contributed by atoms with Gasteiger partial charge < -0.3 is 5.73 Å². The van der Waals surface area contributed by atoms with E-state index in [1.165, 1.54) is 48.8 Å². The van der Waals surface area contributed by atoms with Crippen molar-refractivity contribution in [1.29, 1.82) is 0 Å². The lowest BCUT2D eigenvalue weighted by molar-refractivity contribution is 0.296. The lowest BCUT2D eigenvalue weighted by Gasteiger charge is -2.25. The third kappa shape index (κ3) is 2.65. The molecule has 0 amide bonds. The number of hydrogen-bond acceptors (Lipinski definition) is 1. The molecule has 2 bridgehead atoms. The second kappa shape index (κ2) is 5.89. The van der Waals surface area contributed by atoms with Crippen molar-refractivity contribution >= 4 is 0 Å². The molecule has 1 aromatic rings. The van der Waals surface area contributed by atoms with Gasteiger partial charge in [-0.25, -0.2) is 0 Å². The van der Waals surface area contributed by atoms with Crippen molar-refractivity contribution in [3.63, 3.8) is 0 Å². The van der Waals surface area contributed by atoms with Gasteiger partial charge in [-0.15, -0.1) is 0 Å². The van der Waals surface area contributed by atoms with Crippen LogP contribution in [-0.2, 0) is 12.8 Å². The van der Waals surface area contributed by atoms with Gasteiger partial charge in [0.2, 0.25) is 0 Å². The highest BCUT2D eigenvalue weighted by Gasteiger charge is 2.39. The van der Waals surface area contributed by atoms with Gasteiger partial charge in [-0.05, 0) is 73.0 Å². The summed E-state index contributed by atoms with van der Waals surface area (Å²) in [5.41, 5.74) is 10.9. The van der Waals surface area contributed by atoms with Crippen LogP contribution in [0.25, 0.3) is 0 Å². The van der Waals surface area contributed by atoms with Gasteiger partial charge in [-0.3, -0.25) is 0 Å². The second-order valence-electron chi connectivity index (χ2n) is 7.01. The van der Waals surface area contributed by atoms with Gasteiger partial charge in [0.1, 0.15) is 0 Å². The molecule has 0 aliphatic heterocycles. The molecule has 0 aromatic heterocycles. The minimum Gasteiger partial charge on any atom is -0.324 e. The zero-order valence-electron chi connectivity index (χ0n) is 13.1. The summed E-state index contributed by atoms with van der Waals surface area (Å²) >= 11 is 0. The van der Waals surface area contributed by atoms with Crippen LogP contribution in [0.2, 0.25) is 0 Å². The molecule has 4 atom stereocenters. The highest BCUT2D eigenvalue weighted by Crippen LogP contribution is 2.50. The van der Waals surface area contributed by atoms with Crippen molar-refractivity contribution in [3.05, 3.63) is 34.9 Å². The van der Waals surface area contributed by atoms with Crippen molar-refractivity contribution in [2.24, 2.45) is 23.5 Å². The van der Waals surface area contributed by atoms with E-state index in [1.807, 2.05) is 0 Å². The Hall–Kier alpha value is -0.820. The van der Waals surface area contributed by atoms with Crippen LogP contribution in [0.1, 0.15) is 68.7 Å². The zero-order valence-corrected chi connectivity index (χ0v) is 13.1. The first-order valence-corrected chi connectivity index (χ1v) is 8.58. The number of benzene rings is 1. The SMILES string of the molecule is CCc1ccc(C(N)CC2CC3CCC2C3)cc1CC. The summed E-state index contributed by atoms with van der Waals surface area (Å²) in [7, 11) is 0. The third-order valence-electron chi connectivity index (χ3n) is 5.86. The van der Waals surface area contributed by atoms with E-state index < -0.39 is 0 Å². The molecule has 110 valence electrons. The molecule has 4 unspecified atom stereocenters. The van der Waals surface area contributed by atoms with Gasteiger partial charge in [0.25, 0.3) is 0 Å². The van der Waals surface area contributed by atoms with Crippen LogP contribution in [0.5, 0.6) is 0 Å². The van der Waals surface area contributed by atoms with Crippen molar-refractivity contribution < 1.29 is 0 Å². The first-order valence-electron chi connectivity index (χ1n) is 8.58. The maximum atomic E-state index is 6.52. The highest BCUT2D eigenvalue weighted by atomic mass is 14.6. The highest BCUT2D eigenvalue weighted by molar-refractivity contribution is 5.33. The normalized spacial score (nSPS) is 29.9. The summed E-state index contributed by atoms with van der Waals surface area (Å²) < 4.78 is 0. The van der Waals surface area contributed by atoms with Gasteiger partial charge in [-0.2, -0.15) is 0 Å². The number of rotatable bonds is 5. The zero-order chi connectivity index (χ0) is 14.1. The Kier molecular flexibility index (Phi) is 4.16. The van der Waals surface area contributed by atoms with Crippen LogP contribution in [0.4, 0.5) is 0 Å². The molecule has 2 fully saturated rings. The smallest absolute Gasteiger partial charge is 0.0297 e. The van der Waals surface area contributed by atoms with E-state index >= 15 is 0 Å². The van der Waals surface area contributed by atoms with Gasteiger partial charge >= 0.3 is 0 Å². The van der Waals surface area contributed by atoms with E-state index in [9.17, 15) is 0 Å². The predicted molar refractivity (Wildman–Crippen MR) is 85.7 cm³/mol. The Morgan fingerprint density at radius 1 is 1.10 bits per heavy atom. The van der Waals surface area contributed by atoms with Crippen LogP contribution in [0.3, 0.4) is 0 Å². The minimum absolute atomic E-state index is 0.246. The molecule has 0 heterocycles. The number of aryl methyl sites for hydroxylation is 2. The molecule has 2 aliphatic rings. The quantitative estimate of drug-likeness (QED) is 0.829. The van der Waals surface area contributed by atoms with E-state index in [-0.39, 0.29) is 6.04 Å². The van der Waals surface area contributed by atoms with E-state index in [1.54, 1.807) is 0 Å². The van der Waals surface area contributed by atoms with E-state index in [2.05, 4.69) is 32.0 Å². The first-order chi connectivity index (χ1) is 9.71. The molecule has 1 heteroatoms. The number of hydrogen-bond donors (Lipinski definition) is 1. The number of nitrogens with two attached hydrogens (primary N) is 1. The molecule has 2 aliphatic carbocycles. The van der Waals surface area contributed by atoms with Gasteiger partial charge in [0.15, 0.2) is 0 Å². The molecular formula is C19H29N. The van der Waals surface area contributed by atoms with Crippen molar-refractivity contribution in [2.45, 2.75) is 64.8 Å². The summed E-state index contributed by atoms with van der Waals surface area (Å²) in [4.78, 5) is 0. The summed E-state index contributed by atoms with van der Waals surface area (Å²) in [5.74, 6) is 2.93. The van der Waals surface area contributed by atoms with Crippen LogP contribution in [0, 0.1) is 17.8 Å². The van der Waals surface area contributed by atoms with E-state index in [0.717, 1.165) is 30.6 Å². The summed E-state index contributed by atoms with van der Waals surface area (Å²) in [5, 5.41) is 0. The van der Waals surface area contributed by atoms with Crippen molar-refractivity contribution in [3.8, 4) is 0 Å². The summed E-state index contributed by atoms with van der Waals surface area (Å²) in [6.45, 7) is 4.49. The molecule has 3 rings (SSSR count). The molecule has 0 spiro atoms. The summed E-state index contributed by atoms with van der Waals surface area (Å²) in [6.07, 6.45) is 9.36. The molecule has 0 radical (unpaired) electrons. The Bertz CT molecular complexity index is 465. The maximum Gasteiger partial charge on any atom is 0.0297 e. The average molecular weight is 271 g/mol. The summed E-state index contributed by atoms with van der Waals surface area (Å²) in [6, 6.07) is 7.19. The van der Waals surface area contributed by atoms with Gasteiger partial charge in [0, 0.05) is 6.04 Å². The van der Waals surface area contributed by atoms with Crippen molar-refractivity contribution in [2.75, 3.05) is 0 Å². The lowest BCUT2D eigenvalue weighted by atomic mass is 9.82. The molecule has 0 saturated heterocycles. The van der Waals surface area contributed by atoms with E-state index in [0.29, 0.717) is 0 Å². The van der Waals surface area contributed by atoms with Gasteiger partial charge in [0.05, 0.1) is 0 Å². The fraction of sp³-hybridized carbons (Fsp3) is 0.684. The van der Waals surface area contributed by atoms with Crippen LogP contribution >= 0.6 is 0 Å². The third-order valence-corrected chi connectivity index (χ3v) is 5.86. The first kappa shape index (κ1) is 14.1. The fourth-order valence-corrected chi connectivity index (χ4v) is 4.68. The van der Waals surface area contributed by atoms with Crippen LogP contribution in [-0.4, -0.2) is 0 Å². The van der Waals surface area contributed by atoms with Crippen molar-refractivity contribution in [1.82, 2.24) is 0 Å². The Labute approximate surface area is 124 Å². The Morgan fingerprint density at radius 3 is 2.50 bits per heavy atom. The molecule has 2 N–H and O–H groups in total. The number of fused-ring (bicyclic) bond motifs is 2. The molecule has 2 saturated carbocycles. The van der Waals surface area contributed by atoms with Crippen LogP contribution < -0.4 is 5.73 Å². The predicted octanol–water partition coefficient (Wildman–Crippen LogP) is 4.64. The molecule has 1 aromatic carbocycles. The van der Waals surface area contributed by atoms with Crippen LogP contribution in [0.15, 0.2) is 18.2 Å². The minimum atomic E-state index is 0.246. The van der Waals surface area contributed by atoms with E-state index in [4.69, 9.17) is 5.73 Å². The molecular weight excluding hydrogens is 242 g/mol. The Morgan fingerprint density at radius 2 is 1.90 bits per heavy atom. The standard InChI is InChI=1S/C19H29N/c1-3-14-7-8-17(11-15(14)4-2)19(20)12-18-10-13-5-6-16(18)9-13/h7-8,11,13,16,18-19H,3-6,9-10,12,20H2,1-2H3. The van der Waals surface area contributed by atoms with Gasteiger partial charge in [-0.1, -0.05) is 38.5 Å². The molecule has 1 nitrogen and oxygen atoms in total.